The average Bonchev–Trinajstić information content (AvgIpc) is 2.64. The Hall–Kier alpha value is -1.97. The zero-order chi connectivity index (χ0) is 17.7. The van der Waals surface area contributed by atoms with E-state index < -0.39 is 13.2 Å². The maximum Gasteiger partial charge on any atom is 0.696 e. The van der Waals surface area contributed by atoms with Gasteiger partial charge in [0.05, 0.1) is 0 Å². The van der Waals surface area contributed by atoms with Crippen molar-refractivity contribution in [1.29, 1.82) is 0 Å². The summed E-state index contributed by atoms with van der Waals surface area (Å²) in [4.78, 5) is 9.45. The van der Waals surface area contributed by atoms with Gasteiger partial charge in [-0.25, -0.2) is 0 Å². The number of benzene rings is 3. The summed E-state index contributed by atoms with van der Waals surface area (Å²) in [6.07, 6.45) is 0. The second kappa shape index (κ2) is 7.94. The van der Waals surface area contributed by atoms with Crippen LogP contribution in [0.2, 0.25) is 0 Å². The fraction of sp³-hybridized carbons (Fsp3) is 0.100. The van der Waals surface area contributed by atoms with Crippen molar-refractivity contribution in [3.05, 3.63) is 102 Å². The van der Waals surface area contributed by atoms with Gasteiger partial charge in [0, 0.05) is 20.6 Å². The molecular weight excluding hydrogens is 351 g/mol. The normalized spacial score (nSPS) is 12.0. The molecule has 126 valence electrons. The molecule has 1 atom stereocenters. The van der Waals surface area contributed by atoms with E-state index in [-0.39, 0.29) is 0 Å². The largest absolute Gasteiger partial charge is 0.696 e. The van der Waals surface area contributed by atoms with Crippen molar-refractivity contribution < 1.29 is 14.0 Å². The maximum absolute atomic E-state index is 11.7. The highest BCUT2D eigenvalue weighted by molar-refractivity contribution is 8.00. The van der Waals surface area contributed by atoms with Crippen molar-refractivity contribution in [3.63, 3.8) is 0 Å². The lowest BCUT2D eigenvalue weighted by Gasteiger charge is -2.28. The first-order valence-corrected chi connectivity index (χ1v) is 9.77. The second-order valence-electron chi connectivity index (χ2n) is 5.59. The third kappa shape index (κ3) is 4.17. The van der Waals surface area contributed by atoms with E-state index in [1.54, 1.807) is 0 Å². The van der Waals surface area contributed by atoms with Crippen molar-refractivity contribution in [1.82, 2.24) is 0 Å². The summed E-state index contributed by atoms with van der Waals surface area (Å²) in [5.41, 5.74) is 2.77. The molecule has 0 radical (unpaired) electrons. The van der Waals surface area contributed by atoms with E-state index in [9.17, 15) is 9.46 Å². The van der Waals surface area contributed by atoms with Gasteiger partial charge < -0.3 is 0 Å². The molecule has 1 unspecified atom stereocenters. The average molecular weight is 369 g/mol. The monoisotopic (exact) mass is 369 g/mol. The summed E-state index contributed by atoms with van der Waals surface area (Å²) in [5, 5.41) is 0. The lowest BCUT2D eigenvalue weighted by Crippen LogP contribution is -2.25. The summed E-state index contributed by atoms with van der Waals surface area (Å²) >= 11 is 1.41. The molecule has 0 aromatic heterocycles. The van der Waals surface area contributed by atoms with E-state index in [0.717, 1.165) is 21.6 Å². The van der Waals surface area contributed by atoms with Crippen LogP contribution in [0.15, 0.2) is 89.8 Å². The summed E-state index contributed by atoms with van der Waals surface area (Å²) in [7, 11) is -2.81. The van der Waals surface area contributed by atoms with Gasteiger partial charge in [0.25, 0.3) is 0 Å². The first-order chi connectivity index (χ1) is 12.1. The number of thioether (sulfide) groups is 1. The molecular formula is C20H18O3PS+. The number of rotatable bonds is 6. The van der Waals surface area contributed by atoms with Crippen molar-refractivity contribution in [3.8, 4) is 0 Å². The molecule has 0 aliphatic carbocycles. The van der Waals surface area contributed by atoms with E-state index in [0.29, 0.717) is 0 Å². The molecule has 0 fully saturated rings. The summed E-state index contributed by atoms with van der Waals surface area (Å²) in [6, 6.07) is 27.1. The van der Waals surface area contributed by atoms with Crippen LogP contribution in [0.1, 0.15) is 16.7 Å². The van der Waals surface area contributed by atoms with Crippen LogP contribution in [0, 0.1) is 6.92 Å². The molecule has 1 N–H and O–H groups in total. The SMILES string of the molecule is Cc1ccc(SC(O[P+](=O)O)(c2ccccc2)c2ccccc2)cc1. The highest BCUT2D eigenvalue weighted by Crippen LogP contribution is 2.51. The quantitative estimate of drug-likeness (QED) is 0.346. The van der Waals surface area contributed by atoms with Gasteiger partial charge in [-0.2, -0.15) is 0 Å². The van der Waals surface area contributed by atoms with E-state index in [2.05, 4.69) is 0 Å². The molecule has 0 bridgehead atoms. The summed E-state index contributed by atoms with van der Waals surface area (Å²) in [6.45, 7) is 2.03. The Labute approximate surface area is 152 Å². The molecule has 0 spiro atoms. The molecule has 3 rings (SSSR count). The topological polar surface area (TPSA) is 46.5 Å². The smallest absolute Gasteiger partial charge is 0.133 e. The number of hydrogen-bond donors (Lipinski definition) is 1. The first kappa shape index (κ1) is 17.8. The molecule has 0 amide bonds. The van der Waals surface area contributed by atoms with Crippen LogP contribution in [0.5, 0.6) is 0 Å². The third-order valence-corrected chi connectivity index (χ3v) is 5.70. The Kier molecular flexibility index (Phi) is 5.67. The third-order valence-electron chi connectivity index (χ3n) is 3.80. The minimum atomic E-state index is -2.81. The Bertz CT molecular complexity index is 796. The molecule has 0 saturated heterocycles. The van der Waals surface area contributed by atoms with Crippen LogP contribution < -0.4 is 0 Å². The lowest BCUT2D eigenvalue weighted by molar-refractivity contribution is 0.194. The van der Waals surface area contributed by atoms with Gasteiger partial charge in [0.2, 0.25) is 4.93 Å². The molecule has 0 saturated carbocycles. The minimum Gasteiger partial charge on any atom is -0.133 e. The highest BCUT2D eigenvalue weighted by Gasteiger charge is 2.45. The van der Waals surface area contributed by atoms with Crippen molar-refractivity contribution in [2.24, 2.45) is 0 Å². The Balaban J connectivity index is 2.17. The van der Waals surface area contributed by atoms with Crippen molar-refractivity contribution in [2.75, 3.05) is 0 Å². The Morgan fingerprint density at radius 1 is 0.840 bits per heavy atom. The Morgan fingerprint density at radius 3 is 1.76 bits per heavy atom. The second-order valence-corrected chi connectivity index (χ2v) is 7.50. The predicted octanol–water partition coefficient (Wildman–Crippen LogP) is 5.65. The molecule has 0 heterocycles. The van der Waals surface area contributed by atoms with Crippen LogP contribution in [-0.4, -0.2) is 4.89 Å². The van der Waals surface area contributed by atoms with Gasteiger partial charge in [-0.3, -0.25) is 0 Å². The fourth-order valence-electron chi connectivity index (χ4n) is 2.61. The van der Waals surface area contributed by atoms with E-state index in [1.807, 2.05) is 91.9 Å². The van der Waals surface area contributed by atoms with Crippen LogP contribution in [0.4, 0.5) is 0 Å². The first-order valence-electron chi connectivity index (χ1n) is 7.82. The van der Waals surface area contributed by atoms with Crippen molar-refractivity contribution >= 4 is 20.0 Å². The van der Waals surface area contributed by atoms with Crippen molar-refractivity contribution in [2.45, 2.75) is 16.8 Å². The molecule has 3 aromatic carbocycles. The predicted molar refractivity (Wildman–Crippen MR) is 102 cm³/mol. The molecule has 0 aliphatic rings. The van der Waals surface area contributed by atoms with E-state index >= 15 is 0 Å². The minimum absolute atomic E-state index is 0.809. The van der Waals surface area contributed by atoms with Gasteiger partial charge in [-0.1, -0.05) is 94.6 Å². The molecule has 5 heteroatoms. The molecule has 25 heavy (non-hydrogen) atoms. The van der Waals surface area contributed by atoms with Gasteiger partial charge in [0.1, 0.15) is 0 Å². The summed E-state index contributed by atoms with van der Waals surface area (Å²) in [5.74, 6) is 0. The van der Waals surface area contributed by atoms with Gasteiger partial charge in [-0.15, -0.1) is 4.89 Å². The molecule has 0 aliphatic heterocycles. The van der Waals surface area contributed by atoms with Crippen LogP contribution >= 0.6 is 20.0 Å². The zero-order valence-electron chi connectivity index (χ0n) is 13.7. The van der Waals surface area contributed by atoms with Crippen LogP contribution in [-0.2, 0) is 14.0 Å². The van der Waals surface area contributed by atoms with E-state index in [1.165, 1.54) is 11.8 Å². The van der Waals surface area contributed by atoms with Crippen LogP contribution in [0.3, 0.4) is 0 Å². The molecule has 3 aromatic rings. The van der Waals surface area contributed by atoms with Gasteiger partial charge in [-0.05, 0) is 19.1 Å². The number of aryl methyl sites for hydroxylation is 1. The van der Waals surface area contributed by atoms with Gasteiger partial charge >= 0.3 is 8.25 Å². The molecule has 3 nitrogen and oxygen atoms in total. The standard InChI is InChI=1S/C20H17O3PS/c1-16-12-14-19(15-13-16)25-20(23-24(21)22,17-8-4-2-5-9-17)18-10-6-3-7-11-18/h2-15H,1H3/p+1. The lowest BCUT2D eigenvalue weighted by atomic mass is 10.0. The fourth-order valence-corrected chi connectivity index (χ4v) is 4.49. The van der Waals surface area contributed by atoms with Crippen LogP contribution in [0.25, 0.3) is 0 Å². The Morgan fingerprint density at radius 2 is 1.32 bits per heavy atom. The maximum atomic E-state index is 11.7. The number of hydrogen-bond acceptors (Lipinski definition) is 3. The van der Waals surface area contributed by atoms with E-state index in [4.69, 9.17) is 4.52 Å². The summed E-state index contributed by atoms with van der Waals surface area (Å²) < 4.78 is 17.4. The van der Waals surface area contributed by atoms with Gasteiger partial charge in [0.15, 0.2) is 0 Å². The zero-order valence-corrected chi connectivity index (χ0v) is 15.4. The highest BCUT2D eigenvalue weighted by atomic mass is 32.2.